The Hall–Kier alpha value is -0.880. The molecule has 0 spiro atoms. The number of ketones is 1. The zero-order chi connectivity index (χ0) is 14.7. The minimum absolute atomic E-state index is 0.0276. The maximum atomic E-state index is 11.8. The Morgan fingerprint density at radius 2 is 1.89 bits per heavy atom. The fourth-order valence-electron chi connectivity index (χ4n) is 1.37. The zero-order valence-corrected chi connectivity index (χ0v) is 12.0. The van der Waals surface area contributed by atoms with Gasteiger partial charge in [-0.1, -0.05) is 20.8 Å². The van der Waals surface area contributed by atoms with E-state index in [1.54, 1.807) is 6.07 Å². The van der Waals surface area contributed by atoms with E-state index in [0.29, 0.717) is 4.88 Å². The van der Waals surface area contributed by atoms with Crippen LogP contribution in [0.3, 0.4) is 0 Å². The molecule has 0 aromatic carbocycles. The molecule has 0 bridgehead atoms. The van der Waals surface area contributed by atoms with Crippen LogP contribution in [-0.2, 0) is 10.2 Å². The van der Waals surface area contributed by atoms with Crippen LogP contribution < -0.4 is 0 Å². The molecular weight excluding hydrogens is 277 g/mol. The number of rotatable bonds is 5. The third kappa shape index (κ3) is 5.74. The molecule has 0 amide bonds. The lowest BCUT2D eigenvalue weighted by Gasteiger charge is -2.15. The van der Waals surface area contributed by atoms with Crippen LogP contribution in [0.4, 0.5) is 13.2 Å². The molecule has 1 rings (SSSR count). The predicted octanol–water partition coefficient (Wildman–Crippen LogP) is 4.20. The maximum absolute atomic E-state index is 11.8. The number of ether oxygens (including phenoxy) is 1. The number of halogens is 3. The van der Waals surface area contributed by atoms with Gasteiger partial charge in [0.15, 0.2) is 5.78 Å². The first-order valence-corrected chi connectivity index (χ1v) is 6.69. The Balaban J connectivity index is 2.44. The molecule has 0 radical (unpaired) electrons. The van der Waals surface area contributed by atoms with Gasteiger partial charge in [0.05, 0.1) is 11.5 Å². The number of carbonyl (C=O) groups is 1. The van der Waals surface area contributed by atoms with Gasteiger partial charge in [-0.3, -0.25) is 4.79 Å². The molecule has 1 aromatic heterocycles. The summed E-state index contributed by atoms with van der Waals surface area (Å²) in [6.07, 6.45) is -4.37. The van der Waals surface area contributed by atoms with Crippen LogP contribution in [0.1, 0.15) is 41.7 Å². The molecule has 0 N–H and O–H groups in total. The van der Waals surface area contributed by atoms with E-state index in [4.69, 9.17) is 0 Å². The van der Waals surface area contributed by atoms with Crippen molar-refractivity contribution in [3.63, 3.8) is 0 Å². The Morgan fingerprint density at radius 3 is 2.37 bits per heavy atom. The van der Waals surface area contributed by atoms with E-state index < -0.39 is 12.8 Å². The van der Waals surface area contributed by atoms with E-state index >= 15 is 0 Å². The Morgan fingerprint density at radius 1 is 1.26 bits per heavy atom. The molecule has 0 aliphatic rings. The number of Topliss-reactive ketones (excluding diaryl/α,β-unsaturated/α-hetero) is 1. The Bertz CT molecular complexity index is 430. The third-order valence-corrected chi connectivity index (χ3v) is 3.91. The second-order valence-electron chi connectivity index (χ2n) is 5.25. The summed E-state index contributed by atoms with van der Waals surface area (Å²) in [5.74, 6) is -0.178. The van der Waals surface area contributed by atoms with Crippen LogP contribution in [0, 0.1) is 0 Å². The summed E-state index contributed by atoms with van der Waals surface area (Å²) in [6.45, 7) is 4.61. The van der Waals surface area contributed by atoms with Crippen LogP contribution in [-0.4, -0.2) is 25.2 Å². The number of alkyl halides is 3. The highest BCUT2D eigenvalue weighted by Gasteiger charge is 2.27. The van der Waals surface area contributed by atoms with Crippen molar-refractivity contribution in [1.82, 2.24) is 0 Å². The standard InChI is InChI=1S/C13H17F3O2S/c1-12(2,3)11-5-4-10(19-11)9(17)6-7-18-8-13(14,15)16/h4-5H,6-8H2,1-3H3. The van der Waals surface area contributed by atoms with Gasteiger partial charge < -0.3 is 4.74 Å². The summed E-state index contributed by atoms with van der Waals surface area (Å²) in [7, 11) is 0. The zero-order valence-electron chi connectivity index (χ0n) is 11.1. The summed E-state index contributed by atoms with van der Waals surface area (Å²) < 4.78 is 39.9. The topological polar surface area (TPSA) is 26.3 Å². The van der Waals surface area contributed by atoms with E-state index in [1.807, 2.05) is 26.8 Å². The van der Waals surface area contributed by atoms with E-state index in [1.165, 1.54) is 11.3 Å². The maximum Gasteiger partial charge on any atom is 0.411 e. The summed E-state index contributed by atoms with van der Waals surface area (Å²) in [4.78, 5) is 13.4. The third-order valence-electron chi connectivity index (χ3n) is 2.36. The average Bonchev–Trinajstić information content (AvgIpc) is 2.71. The van der Waals surface area contributed by atoms with Crippen molar-refractivity contribution >= 4 is 17.1 Å². The first-order valence-electron chi connectivity index (χ1n) is 5.87. The Labute approximate surface area is 114 Å². The highest BCUT2D eigenvalue weighted by molar-refractivity contribution is 7.14. The quantitative estimate of drug-likeness (QED) is 0.601. The SMILES string of the molecule is CC(C)(C)c1ccc(C(=O)CCOCC(F)(F)F)s1. The molecule has 0 unspecified atom stereocenters. The van der Waals surface area contributed by atoms with Crippen molar-refractivity contribution in [2.75, 3.05) is 13.2 Å². The second kappa shape index (κ2) is 6.05. The molecule has 0 saturated carbocycles. The van der Waals surface area contributed by atoms with Crippen molar-refractivity contribution in [2.45, 2.75) is 38.8 Å². The van der Waals surface area contributed by atoms with Crippen LogP contribution >= 0.6 is 11.3 Å². The van der Waals surface area contributed by atoms with Gasteiger partial charge in [0, 0.05) is 11.3 Å². The smallest absolute Gasteiger partial charge is 0.372 e. The molecule has 108 valence electrons. The molecule has 6 heteroatoms. The molecule has 0 aliphatic heterocycles. The van der Waals surface area contributed by atoms with E-state index in [9.17, 15) is 18.0 Å². The van der Waals surface area contributed by atoms with E-state index in [-0.39, 0.29) is 24.2 Å². The molecule has 0 atom stereocenters. The van der Waals surface area contributed by atoms with E-state index in [0.717, 1.165) is 4.88 Å². The summed E-state index contributed by atoms with van der Waals surface area (Å²) in [6, 6.07) is 3.60. The van der Waals surface area contributed by atoms with Crippen molar-refractivity contribution in [3.05, 3.63) is 21.9 Å². The van der Waals surface area contributed by atoms with Gasteiger partial charge in [-0.05, 0) is 17.5 Å². The lowest BCUT2D eigenvalue weighted by atomic mass is 9.95. The first kappa shape index (κ1) is 16.2. The molecular formula is C13H17F3O2S. The van der Waals surface area contributed by atoms with Gasteiger partial charge in [-0.25, -0.2) is 0 Å². The molecule has 19 heavy (non-hydrogen) atoms. The van der Waals surface area contributed by atoms with Gasteiger partial charge >= 0.3 is 6.18 Å². The monoisotopic (exact) mass is 294 g/mol. The van der Waals surface area contributed by atoms with Crippen molar-refractivity contribution in [2.24, 2.45) is 0 Å². The molecule has 0 fully saturated rings. The van der Waals surface area contributed by atoms with Gasteiger partial charge in [-0.15, -0.1) is 11.3 Å². The van der Waals surface area contributed by atoms with Gasteiger partial charge in [-0.2, -0.15) is 13.2 Å². The lowest BCUT2D eigenvalue weighted by Crippen LogP contribution is -2.18. The number of hydrogen-bond acceptors (Lipinski definition) is 3. The normalized spacial score (nSPS) is 12.7. The molecule has 0 saturated heterocycles. The highest BCUT2D eigenvalue weighted by atomic mass is 32.1. The number of thiophene rings is 1. The second-order valence-corrected chi connectivity index (χ2v) is 6.34. The van der Waals surface area contributed by atoms with Gasteiger partial charge in [0.25, 0.3) is 0 Å². The minimum Gasteiger partial charge on any atom is -0.372 e. The fourth-order valence-corrected chi connectivity index (χ4v) is 2.40. The minimum atomic E-state index is -4.34. The number of hydrogen-bond donors (Lipinski definition) is 0. The predicted molar refractivity (Wildman–Crippen MR) is 68.8 cm³/mol. The largest absolute Gasteiger partial charge is 0.411 e. The average molecular weight is 294 g/mol. The van der Waals surface area contributed by atoms with Crippen LogP contribution in [0.2, 0.25) is 0 Å². The fraction of sp³-hybridized carbons (Fsp3) is 0.615. The number of carbonyl (C=O) groups excluding carboxylic acids is 1. The van der Waals surface area contributed by atoms with E-state index in [2.05, 4.69) is 4.74 Å². The van der Waals surface area contributed by atoms with Crippen molar-refractivity contribution < 1.29 is 22.7 Å². The van der Waals surface area contributed by atoms with Crippen LogP contribution in [0.15, 0.2) is 12.1 Å². The van der Waals surface area contributed by atoms with Crippen molar-refractivity contribution in [3.8, 4) is 0 Å². The molecule has 1 aromatic rings. The molecule has 2 nitrogen and oxygen atoms in total. The molecule has 0 aliphatic carbocycles. The van der Waals surface area contributed by atoms with Crippen molar-refractivity contribution in [1.29, 1.82) is 0 Å². The highest BCUT2D eigenvalue weighted by Crippen LogP contribution is 2.30. The molecule has 1 heterocycles. The summed E-state index contributed by atoms with van der Waals surface area (Å²) in [5.41, 5.74) is -0.0318. The Kier molecular flexibility index (Phi) is 5.15. The first-order chi connectivity index (χ1) is 8.59. The van der Waals surface area contributed by atoms with Gasteiger partial charge in [0.1, 0.15) is 6.61 Å². The van der Waals surface area contributed by atoms with Crippen LogP contribution in [0.5, 0.6) is 0 Å². The summed E-state index contributed by atoms with van der Waals surface area (Å²) in [5, 5.41) is 0. The van der Waals surface area contributed by atoms with Gasteiger partial charge in [0.2, 0.25) is 0 Å². The van der Waals surface area contributed by atoms with Crippen LogP contribution in [0.25, 0.3) is 0 Å². The summed E-state index contributed by atoms with van der Waals surface area (Å²) >= 11 is 1.38. The lowest BCUT2D eigenvalue weighted by molar-refractivity contribution is -0.173.